The number of pyridine rings is 1. The summed E-state index contributed by atoms with van der Waals surface area (Å²) in [5, 5.41) is 10.8. The van der Waals surface area contributed by atoms with Crippen LogP contribution in [0.4, 0.5) is 17.3 Å². The van der Waals surface area contributed by atoms with Gasteiger partial charge in [-0.3, -0.25) is 10.1 Å². The lowest BCUT2D eigenvalue weighted by Gasteiger charge is -2.17. The van der Waals surface area contributed by atoms with E-state index < -0.39 is 14.8 Å². The second kappa shape index (κ2) is 5.17. The third-order valence-corrected chi connectivity index (χ3v) is 3.16. The van der Waals surface area contributed by atoms with Gasteiger partial charge in [0.1, 0.15) is 15.7 Å². The highest BCUT2D eigenvalue weighted by molar-refractivity contribution is 7.90. The monoisotopic (exact) mass is 274 g/mol. The van der Waals surface area contributed by atoms with Gasteiger partial charge in [0.05, 0.1) is 10.7 Å². The van der Waals surface area contributed by atoms with Gasteiger partial charge in [0, 0.05) is 25.9 Å². The molecule has 0 aliphatic carbocycles. The number of nitro groups is 1. The summed E-state index contributed by atoms with van der Waals surface area (Å²) in [6, 6.07) is 2.57. The molecule has 1 rings (SSSR count). The Hall–Kier alpha value is -1.90. The molecule has 100 valence electrons. The van der Waals surface area contributed by atoms with Crippen LogP contribution in [0.3, 0.4) is 0 Å². The molecule has 0 fully saturated rings. The minimum Gasteiger partial charge on any atom is -0.384 e. The number of sulfone groups is 1. The van der Waals surface area contributed by atoms with Crippen LogP contribution in [-0.2, 0) is 9.84 Å². The third-order valence-electron chi connectivity index (χ3n) is 2.23. The Morgan fingerprint density at radius 1 is 1.50 bits per heavy atom. The normalized spacial score (nSPS) is 11.2. The molecule has 18 heavy (non-hydrogen) atoms. The summed E-state index contributed by atoms with van der Waals surface area (Å²) < 4.78 is 22.1. The zero-order valence-corrected chi connectivity index (χ0v) is 10.8. The van der Waals surface area contributed by atoms with E-state index in [1.165, 1.54) is 24.1 Å². The highest BCUT2D eigenvalue weighted by atomic mass is 32.2. The molecule has 0 aliphatic heterocycles. The SMILES string of the molecule is CN(CCS(C)(=O)=O)c1nc(N)ccc1[N+](=O)[O-]. The fourth-order valence-electron chi connectivity index (χ4n) is 1.29. The quantitative estimate of drug-likeness (QED) is 0.595. The molecule has 0 saturated heterocycles. The van der Waals surface area contributed by atoms with Crippen molar-refractivity contribution in [2.45, 2.75) is 0 Å². The van der Waals surface area contributed by atoms with Crippen LogP contribution < -0.4 is 10.6 Å². The van der Waals surface area contributed by atoms with Crippen molar-refractivity contribution in [2.75, 3.05) is 36.2 Å². The number of hydrogen-bond donors (Lipinski definition) is 1. The van der Waals surface area contributed by atoms with Crippen molar-refractivity contribution < 1.29 is 13.3 Å². The van der Waals surface area contributed by atoms with Crippen LogP contribution in [0.2, 0.25) is 0 Å². The van der Waals surface area contributed by atoms with Gasteiger partial charge in [-0.1, -0.05) is 0 Å². The van der Waals surface area contributed by atoms with Gasteiger partial charge in [0.15, 0.2) is 0 Å². The van der Waals surface area contributed by atoms with Crippen molar-refractivity contribution in [1.29, 1.82) is 0 Å². The number of anilines is 2. The third kappa shape index (κ3) is 3.84. The van der Waals surface area contributed by atoms with Gasteiger partial charge in [-0.25, -0.2) is 13.4 Å². The summed E-state index contributed by atoms with van der Waals surface area (Å²) in [5.41, 5.74) is 5.26. The molecule has 1 heterocycles. The number of nitrogens with two attached hydrogens (primary N) is 1. The van der Waals surface area contributed by atoms with E-state index in [0.717, 1.165) is 6.26 Å². The summed E-state index contributed by atoms with van der Waals surface area (Å²) in [4.78, 5) is 15.5. The Balaban J connectivity index is 3.00. The molecular weight excluding hydrogens is 260 g/mol. The van der Waals surface area contributed by atoms with Crippen molar-refractivity contribution in [3.8, 4) is 0 Å². The van der Waals surface area contributed by atoms with E-state index in [4.69, 9.17) is 5.73 Å². The average Bonchev–Trinajstić information content (AvgIpc) is 2.24. The predicted molar refractivity (Wildman–Crippen MR) is 68.3 cm³/mol. The van der Waals surface area contributed by atoms with Gasteiger partial charge in [-0.2, -0.15) is 0 Å². The van der Waals surface area contributed by atoms with E-state index in [-0.39, 0.29) is 29.6 Å². The Bertz CT molecular complexity index is 558. The second-order valence-electron chi connectivity index (χ2n) is 3.89. The lowest BCUT2D eigenvalue weighted by Crippen LogP contribution is -2.26. The summed E-state index contributed by atoms with van der Waals surface area (Å²) in [5.74, 6) is 0.0855. The largest absolute Gasteiger partial charge is 0.384 e. The molecule has 2 N–H and O–H groups in total. The zero-order chi connectivity index (χ0) is 13.9. The van der Waals surface area contributed by atoms with Crippen LogP contribution in [0.25, 0.3) is 0 Å². The molecule has 0 atom stereocenters. The van der Waals surface area contributed by atoms with Gasteiger partial charge < -0.3 is 10.6 Å². The highest BCUT2D eigenvalue weighted by Gasteiger charge is 2.19. The molecule has 0 amide bonds. The molecule has 0 unspecified atom stereocenters. The first-order valence-corrected chi connectivity index (χ1v) is 7.06. The van der Waals surface area contributed by atoms with Crippen LogP contribution in [0.15, 0.2) is 12.1 Å². The molecule has 1 aromatic heterocycles. The second-order valence-corrected chi connectivity index (χ2v) is 6.15. The van der Waals surface area contributed by atoms with E-state index in [2.05, 4.69) is 4.98 Å². The molecule has 0 aromatic carbocycles. The number of rotatable bonds is 5. The van der Waals surface area contributed by atoms with Crippen LogP contribution in [0.1, 0.15) is 0 Å². The van der Waals surface area contributed by atoms with Crippen LogP contribution in [0, 0.1) is 10.1 Å². The van der Waals surface area contributed by atoms with E-state index in [1.54, 1.807) is 0 Å². The average molecular weight is 274 g/mol. The maximum absolute atomic E-state index is 11.0. The molecule has 1 aromatic rings. The van der Waals surface area contributed by atoms with E-state index in [9.17, 15) is 18.5 Å². The maximum atomic E-state index is 11.0. The van der Waals surface area contributed by atoms with E-state index in [1.807, 2.05) is 0 Å². The number of nitrogens with zero attached hydrogens (tertiary/aromatic N) is 3. The topological polar surface area (TPSA) is 119 Å². The van der Waals surface area contributed by atoms with Crippen LogP contribution in [0.5, 0.6) is 0 Å². The maximum Gasteiger partial charge on any atom is 0.311 e. The Labute approximate surface area is 104 Å². The van der Waals surface area contributed by atoms with E-state index in [0.29, 0.717) is 0 Å². The summed E-state index contributed by atoms with van der Waals surface area (Å²) in [6.45, 7) is 0.107. The summed E-state index contributed by atoms with van der Waals surface area (Å²) in [6.07, 6.45) is 1.10. The molecule has 0 saturated carbocycles. The highest BCUT2D eigenvalue weighted by Crippen LogP contribution is 2.25. The Kier molecular flexibility index (Phi) is 4.07. The van der Waals surface area contributed by atoms with Gasteiger partial charge in [-0.05, 0) is 6.07 Å². The summed E-state index contributed by atoms with van der Waals surface area (Å²) in [7, 11) is -1.61. The molecule has 0 aliphatic rings. The number of nitrogen functional groups attached to an aromatic ring is 1. The smallest absolute Gasteiger partial charge is 0.311 e. The number of aromatic nitrogens is 1. The van der Waals surface area contributed by atoms with Crippen molar-refractivity contribution in [2.24, 2.45) is 0 Å². The molecule has 0 radical (unpaired) electrons. The summed E-state index contributed by atoms with van der Waals surface area (Å²) >= 11 is 0. The molecular formula is C9H14N4O4S. The molecule has 0 spiro atoms. The molecule has 0 bridgehead atoms. The van der Waals surface area contributed by atoms with E-state index >= 15 is 0 Å². The first kappa shape index (κ1) is 14.2. The number of hydrogen-bond acceptors (Lipinski definition) is 7. The van der Waals surface area contributed by atoms with Gasteiger partial charge in [0.2, 0.25) is 5.82 Å². The van der Waals surface area contributed by atoms with Gasteiger partial charge in [0.25, 0.3) is 0 Å². The van der Waals surface area contributed by atoms with Crippen molar-refractivity contribution in [3.05, 3.63) is 22.2 Å². The van der Waals surface area contributed by atoms with Crippen LogP contribution >= 0.6 is 0 Å². The lowest BCUT2D eigenvalue weighted by molar-refractivity contribution is -0.384. The zero-order valence-electron chi connectivity index (χ0n) is 10.0. The standard InChI is InChI=1S/C9H14N4O4S/c1-12(5-6-18(2,16)17)9-7(13(14)15)3-4-8(10)11-9/h3-4H,5-6H2,1-2H3,(H2,10,11). The fraction of sp³-hybridized carbons (Fsp3) is 0.444. The minimum atomic E-state index is -3.14. The predicted octanol–water partition coefficient (Wildman–Crippen LogP) is 0.0528. The van der Waals surface area contributed by atoms with Gasteiger partial charge >= 0.3 is 5.69 Å². The Morgan fingerprint density at radius 2 is 2.11 bits per heavy atom. The Morgan fingerprint density at radius 3 is 2.61 bits per heavy atom. The first-order valence-electron chi connectivity index (χ1n) is 5.00. The first-order chi connectivity index (χ1) is 8.20. The van der Waals surface area contributed by atoms with Crippen molar-refractivity contribution in [3.63, 3.8) is 0 Å². The molecule has 8 nitrogen and oxygen atoms in total. The van der Waals surface area contributed by atoms with Crippen molar-refractivity contribution in [1.82, 2.24) is 4.98 Å². The van der Waals surface area contributed by atoms with Crippen LogP contribution in [-0.4, -0.2) is 43.9 Å². The fourth-order valence-corrected chi connectivity index (χ4v) is 1.89. The molecule has 9 heteroatoms. The van der Waals surface area contributed by atoms with Gasteiger partial charge in [-0.15, -0.1) is 0 Å². The lowest BCUT2D eigenvalue weighted by atomic mass is 10.3. The van der Waals surface area contributed by atoms with Crippen molar-refractivity contribution >= 4 is 27.2 Å². The minimum absolute atomic E-state index is 0.0589.